The average molecular weight is 222 g/mol. The minimum absolute atomic E-state index is 0.124. The van der Waals surface area contributed by atoms with Crippen molar-refractivity contribution in [3.63, 3.8) is 0 Å². The monoisotopic (exact) mass is 222 g/mol. The first-order valence-corrected chi connectivity index (χ1v) is 5.53. The normalized spacial score (nSPS) is 17.6. The van der Waals surface area contributed by atoms with Crippen LogP contribution in [0.1, 0.15) is 12.8 Å². The lowest BCUT2D eigenvalue weighted by atomic mass is 10.2. The number of amides is 1. The molecule has 1 aromatic rings. The van der Waals surface area contributed by atoms with Crippen LogP contribution in [0.15, 0.2) is 24.3 Å². The van der Waals surface area contributed by atoms with Crippen molar-refractivity contribution >= 4 is 11.6 Å². The number of carbonyl (C=O) groups is 1. The van der Waals surface area contributed by atoms with Gasteiger partial charge in [-0.15, -0.1) is 0 Å². The van der Waals surface area contributed by atoms with Gasteiger partial charge in [-0.3, -0.25) is 4.79 Å². The number of halogens is 1. The topological polar surface area (TPSA) is 32.3 Å². The summed E-state index contributed by atoms with van der Waals surface area (Å²) in [6.07, 6.45) is 1.40. The fourth-order valence-corrected chi connectivity index (χ4v) is 1.87. The van der Waals surface area contributed by atoms with Crippen LogP contribution in [0.2, 0.25) is 0 Å². The van der Waals surface area contributed by atoms with Gasteiger partial charge in [0.25, 0.3) is 0 Å². The quantitative estimate of drug-likeness (QED) is 0.781. The highest BCUT2D eigenvalue weighted by atomic mass is 19.1. The molecule has 4 heteroatoms. The minimum Gasteiger partial charge on any atom is -0.370 e. The number of benzene rings is 1. The summed E-state index contributed by atoms with van der Waals surface area (Å²) in [6, 6.07) is 6.48. The molecule has 1 saturated heterocycles. The van der Waals surface area contributed by atoms with Crippen LogP contribution in [-0.2, 0) is 4.79 Å². The second-order valence-electron chi connectivity index (χ2n) is 3.92. The van der Waals surface area contributed by atoms with E-state index < -0.39 is 0 Å². The maximum atomic E-state index is 12.8. The molecule has 1 heterocycles. The van der Waals surface area contributed by atoms with Crippen molar-refractivity contribution in [1.82, 2.24) is 5.32 Å². The maximum absolute atomic E-state index is 12.8. The Morgan fingerprint density at radius 2 is 1.94 bits per heavy atom. The van der Waals surface area contributed by atoms with Gasteiger partial charge < -0.3 is 10.2 Å². The van der Waals surface area contributed by atoms with Gasteiger partial charge in [-0.25, -0.2) is 4.39 Å². The molecule has 1 aliphatic heterocycles. The van der Waals surface area contributed by atoms with Gasteiger partial charge >= 0.3 is 0 Å². The van der Waals surface area contributed by atoms with Crippen LogP contribution >= 0.6 is 0 Å². The summed E-state index contributed by atoms with van der Waals surface area (Å²) in [4.78, 5) is 13.3. The van der Waals surface area contributed by atoms with Crippen molar-refractivity contribution in [2.75, 3.05) is 24.5 Å². The molecule has 1 fully saturated rings. The zero-order valence-corrected chi connectivity index (χ0v) is 9.08. The first-order valence-electron chi connectivity index (χ1n) is 5.53. The van der Waals surface area contributed by atoms with Crippen LogP contribution in [0.4, 0.5) is 10.1 Å². The molecule has 0 saturated carbocycles. The number of carbonyl (C=O) groups excluding carboxylic acids is 1. The lowest BCUT2D eigenvalue weighted by Crippen LogP contribution is -2.38. The van der Waals surface area contributed by atoms with Crippen molar-refractivity contribution in [2.24, 2.45) is 0 Å². The molecule has 2 rings (SSSR count). The van der Waals surface area contributed by atoms with E-state index in [4.69, 9.17) is 0 Å². The second-order valence-corrected chi connectivity index (χ2v) is 3.92. The molecule has 0 spiro atoms. The highest BCUT2D eigenvalue weighted by molar-refractivity contribution is 5.76. The van der Waals surface area contributed by atoms with Gasteiger partial charge in [0.05, 0.1) is 0 Å². The molecule has 16 heavy (non-hydrogen) atoms. The molecule has 0 radical (unpaired) electrons. The van der Waals surface area contributed by atoms with E-state index in [1.165, 1.54) is 12.1 Å². The number of nitrogens with one attached hydrogen (secondary N) is 1. The molecule has 1 amide bonds. The fourth-order valence-electron chi connectivity index (χ4n) is 1.87. The predicted octanol–water partition coefficient (Wildman–Crippen LogP) is 1.54. The van der Waals surface area contributed by atoms with Gasteiger partial charge in [-0.05, 0) is 30.7 Å². The van der Waals surface area contributed by atoms with Gasteiger partial charge in [-0.1, -0.05) is 0 Å². The van der Waals surface area contributed by atoms with Crippen LogP contribution in [0, 0.1) is 5.82 Å². The zero-order chi connectivity index (χ0) is 11.4. The van der Waals surface area contributed by atoms with Crippen LogP contribution in [0.25, 0.3) is 0 Å². The molecule has 0 aromatic heterocycles. The number of hydrogen-bond donors (Lipinski definition) is 1. The number of hydrogen-bond acceptors (Lipinski definition) is 2. The van der Waals surface area contributed by atoms with Crippen molar-refractivity contribution < 1.29 is 9.18 Å². The molecular weight excluding hydrogens is 207 g/mol. The van der Waals surface area contributed by atoms with Crippen molar-refractivity contribution in [2.45, 2.75) is 12.8 Å². The predicted molar refractivity (Wildman–Crippen MR) is 60.9 cm³/mol. The molecule has 3 nitrogen and oxygen atoms in total. The van der Waals surface area contributed by atoms with Gasteiger partial charge in [0.1, 0.15) is 5.82 Å². The van der Waals surface area contributed by atoms with Gasteiger partial charge in [0.15, 0.2) is 0 Å². The van der Waals surface area contributed by atoms with Crippen molar-refractivity contribution in [1.29, 1.82) is 0 Å². The van der Waals surface area contributed by atoms with E-state index in [1.807, 2.05) is 0 Å². The van der Waals surface area contributed by atoms with E-state index in [0.717, 1.165) is 25.2 Å². The third-order valence-electron chi connectivity index (χ3n) is 2.73. The summed E-state index contributed by atoms with van der Waals surface area (Å²) in [5.41, 5.74) is 1.01. The molecule has 86 valence electrons. The molecule has 0 bridgehead atoms. The maximum Gasteiger partial charge on any atom is 0.220 e. The van der Waals surface area contributed by atoms with Gasteiger partial charge in [-0.2, -0.15) is 0 Å². The van der Waals surface area contributed by atoms with Crippen LogP contribution < -0.4 is 10.2 Å². The molecule has 1 aliphatic rings. The molecule has 0 aliphatic carbocycles. The van der Waals surface area contributed by atoms with Crippen molar-refractivity contribution in [3.05, 3.63) is 30.1 Å². The molecule has 0 atom stereocenters. The Kier molecular flexibility index (Phi) is 3.39. The first-order chi connectivity index (χ1) is 7.75. The number of rotatable bonds is 1. The lowest BCUT2D eigenvalue weighted by Gasteiger charge is -2.26. The summed E-state index contributed by atoms with van der Waals surface area (Å²) < 4.78 is 12.8. The largest absolute Gasteiger partial charge is 0.370 e. The summed E-state index contributed by atoms with van der Waals surface area (Å²) in [6.45, 7) is 2.27. The zero-order valence-electron chi connectivity index (χ0n) is 9.08. The summed E-state index contributed by atoms with van der Waals surface area (Å²) in [7, 11) is 0. The van der Waals surface area contributed by atoms with E-state index in [1.54, 1.807) is 12.1 Å². The first kappa shape index (κ1) is 10.9. The summed E-state index contributed by atoms with van der Waals surface area (Å²) >= 11 is 0. The van der Waals surface area contributed by atoms with Gasteiger partial charge in [0, 0.05) is 31.7 Å². The average Bonchev–Trinajstić information content (AvgIpc) is 2.25. The Labute approximate surface area is 94.3 Å². The Morgan fingerprint density at radius 1 is 1.19 bits per heavy atom. The molecule has 1 N–H and O–H groups in total. The van der Waals surface area contributed by atoms with E-state index in [9.17, 15) is 9.18 Å². The summed E-state index contributed by atoms with van der Waals surface area (Å²) in [5.74, 6) is -0.0946. The van der Waals surface area contributed by atoms with Crippen LogP contribution in [0.5, 0.6) is 0 Å². The highest BCUT2D eigenvalue weighted by Crippen LogP contribution is 2.15. The second kappa shape index (κ2) is 4.96. The van der Waals surface area contributed by atoms with Crippen molar-refractivity contribution in [3.8, 4) is 0 Å². The Bertz CT molecular complexity index is 352. The smallest absolute Gasteiger partial charge is 0.220 e. The van der Waals surface area contributed by atoms with Gasteiger partial charge in [0.2, 0.25) is 5.91 Å². The third-order valence-corrected chi connectivity index (χ3v) is 2.73. The standard InChI is InChI=1S/C12H15FN2O/c13-10-3-5-11(6-4-10)15-8-1-2-12(16)14-7-9-15/h3-6H,1-2,7-9H2,(H,14,16). The third kappa shape index (κ3) is 2.72. The Hall–Kier alpha value is -1.58. The Balaban J connectivity index is 2.03. The number of anilines is 1. The minimum atomic E-state index is -0.218. The molecule has 1 aromatic carbocycles. The van der Waals surface area contributed by atoms with E-state index >= 15 is 0 Å². The number of nitrogens with zero attached hydrogens (tertiary/aromatic N) is 1. The van der Waals surface area contributed by atoms with E-state index in [0.29, 0.717) is 13.0 Å². The Morgan fingerprint density at radius 3 is 2.69 bits per heavy atom. The highest BCUT2D eigenvalue weighted by Gasteiger charge is 2.11. The molecular formula is C12H15FN2O. The lowest BCUT2D eigenvalue weighted by molar-refractivity contribution is -0.121. The summed E-state index contributed by atoms with van der Waals surface area (Å²) in [5, 5.41) is 2.84. The van der Waals surface area contributed by atoms with Crippen LogP contribution in [0.3, 0.4) is 0 Å². The SMILES string of the molecule is O=C1CCCN(c2ccc(F)cc2)CCN1. The molecule has 0 unspecified atom stereocenters. The van der Waals surface area contributed by atoms with E-state index in [2.05, 4.69) is 10.2 Å². The van der Waals surface area contributed by atoms with E-state index in [-0.39, 0.29) is 11.7 Å². The fraction of sp³-hybridized carbons (Fsp3) is 0.417. The van der Waals surface area contributed by atoms with Crippen LogP contribution in [-0.4, -0.2) is 25.5 Å².